The summed E-state index contributed by atoms with van der Waals surface area (Å²) in [6.45, 7) is 4.26. The monoisotopic (exact) mass is 310 g/mol. The summed E-state index contributed by atoms with van der Waals surface area (Å²) in [6.07, 6.45) is 0. The molecule has 2 rings (SSSR count). The molecule has 0 aliphatic heterocycles. The second-order valence-corrected chi connectivity index (χ2v) is 5.47. The zero-order valence-electron chi connectivity index (χ0n) is 11.2. The molecule has 0 aliphatic carbocycles. The molecule has 1 aromatic heterocycles. The first-order valence-electron chi connectivity index (χ1n) is 6.21. The van der Waals surface area contributed by atoms with Crippen molar-refractivity contribution in [1.82, 2.24) is 4.98 Å². The molecule has 0 saturated heterocycles. The number of nitrogens with one attached hydrogen (secondary N) is 2. The van der Waals surface area contributed by atoms with Gasteiger partial charge in [-0.05, 0) is 23.6 Å². The Hall–Kier alpha value is -1.49. The van der Waals surface area contributed by atoms with E-state index in [1.807, 2.05) is 18.2 Å². The number of hydrazine groups is 1. The van der Waals surface area contributed by atoms with Crippen LogP contribution >= 0.6 is 23.2 Å². The van der Waals surface area contributed by atoms with Crippen LogP contribution in [0.2, 0.25) is 10.0 Å². The minimum atomic E-state index is 0.375. The summed E-state index contributed by atoms with van der Waals surface area (Å²) in [5, 5.41) is 4.04. The third kappa shape index (κ3) is 3.15. The minimum absolute atomic E-state index is 0.375. The topological polar surface area (TPSA) is 63.0 Å². The van der Waals surface area contributed by atoms with E-state index >= 15 is 0 Å². The highest BCUT2D eigenvalue weighted by Gasteiger charge is 2.11. The van der Waals surface area contributed by atoms with E-state index < -0.39 is 0 Å². The third-order valence-corrected chi connectivity index (χ3v) is 3.48. The highest BCUT2D eigenvalue weighted by molar-refractivity contribution is 6.37. The molecular weight excluding hydrogens is 295 g/mol. The Kier molecular flexibility index (Phi) is 4.70. The maximum Gasteiger partial charge on any atom is 0.161 e. The van der Waals surface area contributed by atoms with Crippen molar-refractivity contribution in [3.05, 3.63) is 45.9 Å². The fourth-order valence-electron chi connectivity index (χ4n) is 1.90. The van der Waals surface area contributed by atoms with E-state index in [9.17, 15) is 0 Å². The second kappa shape index (κ2) is 6.31. The molecule has 0 saturated carbocycles. The van der Waals surface area contributed by atoms with E-state index in [4.69, 9.17) is 29.0 Å². The van der Waals surface area contributed by atoms with Gasteiger partial charge in [-0.2, -0.15) is 0 Å². The number of pyridine rings is 1. The average molecular weight is 311 g/mol. The molecule has 0 fully saturated rings. The van der Waals surface area contributed by atoms with Crippen LogP contribution in [-0.2, 0) is 0 Å². The van der Waals surface area contributed by atoms with Gasteiger partial charge in [0.2, 0.25) is 0 Å². The Morgan fingerprint density at radius 2 is 1.75 bits per heavy atom. The van der Waals surface area contributed by atoms with Gasteiger partial charge in [-0.25, -0.2) is 10.8 Å². The number of nitrogens with zero attached hydrogens (tertiary/aromatic N) is 1. The van der Waals surface area contributed by atoms with Crippen LogP contribution in [-0.4, -0.2) is 4.98 Å². The van der Waals surface area contributed by atoms with Crippen LogP contribution in [0.1, 0.15) is 25.3 Å². The molecule has 0 unspecified atom stereocenters. The molecular formula is C14H16Cl2N4. The number of nitrogen functional groups attached to an aromatic ring is 1. The fourth-order valence-corrected chi connectivity index (χ4v) is 2.36. The Labute approximate surface area is 128 Å². The van der Waals surface area contributed by atoms with Crippen LogP contribution in [0.25, 0.3) is 0 Å². The maximum atomic E-state index is 6.16. The number of hydrogen-bond acceptors (Lipinski definition) is 4. The van der Waals surface area contributed by atoms with E-state index in [-0.39, 0.29) is 0 Å². The van der Waals surface area contributed by atoms with Crippen LogP contribution in [0.15, 0.2) is 30.3 Å². The van der Waals surface area contributed by atoms with E-state index in [2.05, 4.69) is 35.6 Å². The third-order valence-electron chi connectivity index (χ3n) is 2.90. The number of anilines is 3. The van der Waals surface area contributed by atoms with Gasteiger partial charge >= 0.3 is 0 Å². The highest BCUT2D eigenvalue weighted by Crippen LogP contribution is 2.32. The molecule has 1 heterocycles. The quantitative estimate of drug-likeness (QED) is 0.573. The van der Waals surface area contributed by atoms with E-state index in [1.165, 1.54) is 5.56 Å². The molecule has 6 heteroatoms. The van der Waals surface area contributed by atoms with Crippen LogP contribution in [0.4, 0.5) is 17.3 Å². The van der Waals surface area contributed by atoms with E-state index in [1.54, 1.807) is 6.07 Å². The predicted octanol–water partition coefficient (Wildman–Crippen LogP) is 4.54. The van der Waals surface area contributed by atoms with Gasteiger partial charge in [0.1, 0.15) is 0 Å². The van der Waals surface area contributed by atoms with Gasteiger partial charge in [0.15, 0.2) is 11.6 Å². The Balaban J connectivity index is 2.40. The van der Waals surface area contributed by atoms with Crippen LogP contribution in [0.5, 0.6) is 0 Å². The minimum Gasteiger partial charge on any atom is -0.339 e. The average Bonchev–Trinajstić information content (AvgIpc) is 2.42. The molecule has 4 nitrogen and oxygen atoms in total. The SMILES string of the molecule is CC(C)c1ccccc1Nc1nc(NN)c(Cl)cc1Cl. The molecule has 20 heavy (non-hydrogen) atoms. The van der Waals surface area contributed by atoms with Gasteiger partial charge in [0.05, 0.1) is 10.0 Å². The summed E-state index contributed by atoms with van der Waals surface area (Å²) >= 11 is 12.1. The van der Waals surface area contributed by atoms with Crippen molar-refractivity contribution in [3.63, 3.8) is 0 Å². The highest BCUT2D eigenvalue weighted by atomic mass is 35.5. The van der Waals surface area contributed by atoms with Gasteiger partial charge in [-0.3, -0.25) is 0 Å². The zero-order chi connectivity index (χ0) is 14.7. The standard InChI is InChI=1S/C14H16Cl2N4/c1-8(2)9-5-3-4-6-12(9)18-13-10(15)7-11(16)14(19-13)20-17/h3-8H,17H2,1-2H3,(H2,18,19,20). The Morgan fingerprint density at radius 3 is 2.40 bits per heavy atom. The Morgan fingerprint density at radius 1 is 1.10 bits per heavy atom. The van der Waals surface area contributed by atoms with Gasteiger partial charge in [0.25, 0.3) is 0 Å². The first-order valence-corrected chi connectivity index (χ1v) is 6.97. The lowest BCUT2D eigenvalue weighted by atomic mass is 10.0. The summed E-state index contributed by atoms with van der Waals surface area (Å²) in [5.41, 5.74) is 4.59. The molecule has 0 amide bonds. The first-order chi connectivity index (χ1) is 9.52. The molecule has 4 N–H and O–H groups in total. The summed E-state index contributed by atoms with van der Waals surface area (Å²) in [6, 6.07) is 9.62. The first kappa shape index (κ1) is 14.9. The van der Waals surface area contributed by atoms with E-state index in [0.717, 1.165) is 5.69 Å². The number of benzene rings is 1. The lowest BCUT2D eigenvalue weighted by Crippen LogP contribution is -2.10. The van der Waals surface area contributed by atoms with Gasteiger partial charge < -0.3 is 10.7 Å². The lowest BCUT2D eigenvalue weighted by molar-refractivity contribution is 0.869. The number of aromatic nitrogens is 1. The smallest absolute Gasteiger partial charge is 0.161 e. The van der Waals surface area contributed by atoms with Crippen molar-refractivity contribution >= 4 is 40.5 Å². The molecule has 0 atom stereocenters. The number of rotatable bonds is 4. The van der Waals surface area contributed by atoms with Gasteiger partial charge in [0, 0.05) is 5.69 Å². The predicted molar refractivity (Wildman–Crippen MR) is 85.9 cm³/mol. The largest absolute Gasteiger partial charge is 0.339 e. The summed E-state index contributed by atoms with van der Waals surface area (Å²) in [4.78, 5) is 4.27. The molecule has 106 valence electrons. The molecule has 0 radical (unpaired) electrons. The van der Waals surface area contributed by atoms with Crippen molar-refractivity contribution in [3.8, 4) is 0 Å². The molecule has 1 aromatic carbocycles. The molecule has 2 aromatic rings. The van der Waals surface area contributed by atoms with Gasteiger partial charge in [-0.1, -0.05) is 55.2 Å². The van der Waals surface area contributed by atoms with Crippen molar-refractivity contribution < 1.29 is 0 Å². The number of para-hydroxylation sites is 1. The van der Waals surface area contributed by atoms with Gasteiger partial charge in [-0.15, -0.1) is 0 Å². The van der Waals surface area contributed by atoms with Crippen molar-refractivity contribution in [2.45, 2.75) is 19.8 Å². The summed E-state index contributed by atoms with van der Waals surface area (Å²) in [7, 11) is 0. The van der Waals surface area contributed by atoms with Crippen molar-refractivity contribution in [2.24, 2.45) is 5.84 Å². The van der Waals surface area contributed by atoms with Crippen LogP contribution < -0.4 is 16.6 Å². The molecule has 0 aliphatic rings. The zero-order valence-corrected chi connectivity index (χ0v) is 12.8. The molecule has 0 bridgehead atoms. The second-order valence-electron chi connectivity index (χ2n) is 4.66. The van der Waals surface area contributed by atoms with Crippen molar-refractivity contribution in [1.29, 1.82) is 0 Å². The maximum absolute atomic E-state index is 6.16. The number of hydrogen-bond donors (Lipinski definition) is 3. The summed E-state index contributed by atoms with van der Waals surface area (Å²) in [5.74, 6) is 6.65. The van der Waals surface area contributed by atoms with E-state index in [0.29, 0.717) is 27.6 Å². The number of halogens is 2. The Bertz CT molecular complexity index is 614. The number of nitrogens with two attached hydrogens (primary N) is 1. The van der Waals surface area contributed by atoms with Crippen LogP contribution in [0.3, 0.4) is 0 Å². The lowest BCUT2D eigenvalue weighted by Gasteiger charge is -2.15. The molecule has 0 spiro atoms. The summed E-state index contributed by atoms with van der Waals surface area (Å²) < 4.78 is 0. The normalized spacial score (nSPS) is 10.7. The fraction of sp³-hybridized carbons (Fsp3) is 0.214. The van der Waals surface area contributed by atoms with Crippen molar-refractivity contribution in [2.75, 3.05) is 10.7 Å². The van der Waals surface area contributed by atoms with Crippen LogP contribution in [0, 0.1) is 0 Å².